The molecule has 124 valence electrons. The zero-order valence-electron chi connectivity index (χ0n) is 13.5. The Morgan fingerprint density at radius 2 is 2.39 bits per heavy atom. The molecule has 23 heavy (non-hydrogen) atoms. The molecule has 0 saturated carbocycles. The third-order valence-corrected chi connectivity index (χ3v) is 3.87. The van der Waals surface area contributed by atoms with E-state index in [0.717, 1.165) is 23.4 Å². The number of furan rings is 1. The number of nitrogens with zero attached hydrogens (tertiary/aromatic N) is 3. The zero-order valence-corrected chi connectivity index (χ0v) is 13.5. The Bertz CT molecular complexity index is 648. The van der Waals surface area contributed by atoms with Gasteiger partial charge in [0, 0.05) is 26.8 Å². The van der Waals surface area contributed by atoms with Crippen molar-refractivity contribution in [3.63, 3.8) is 0 Å². The molecule has 3 heterocycles. The molecule has 7 nitrogen and oxygen atoms in total. The Kier molecular flexibility index (Phi) is 4.78. The number of nitrogens with one attached hydrogen (secondary N) is 1. The van der Waals surface area contributed by atoms with Gasteiger partial charge < -0.3 is 19.4 Å². The Hall–Kier alpha value is -2.12. The molecule has 1 N–H and O–H groups in total. The summed E-state index contributed by atoms with van der Waals surface area (Å²) in [5.41, 5.74) is 2.09. The Labute approximate surface area is 135 Å². The van der Waals surface area contributed by atoms with Crippen LogP contribution in [0.5, 0.6) is 0 Å². The Balaban J connectivity index is 1.62. The number of carbonyl (C=O) groups is 1. The van der Waals surface area contributed by atoms with E-state index in [1.165, 1.54) is 0 Å². The van der Waals surface area contributed by atoms with E-state index in [4.69, 9.17) is 9.15 Å². The quantitative estimate of drug-likeness (QED) is 0.859. The summed E-state index contributed by atoms with van der Waals surface area (Å²) in [5.74, 6) is 0.918. The molecule has 0 spiro atoms. The van der Waals surface area contributed by atoms with Crippen molar-refractivity contribution in [1.29, 1.82) is 0 Å². The number of aromatic nitrogens is 2. The highest BCUT2D eigenvalue weighted by Gasteiger charge is 2.25. The van der Waals surface area contributed by atoms with Crippen LogP contribution in [0, 0.1) is 0 Å². The molecule has 0 aromatic carbocycles. The van der Waals surface area contributed by atoms with Crippen molar-refractivity contribution in [3.8, 4) is 0 Å². The van der Waals surface area contributed by atoms with Gasteiger partial charge in [-0.05, 0) is 24.1 Å². The van der Waals surface area contributed by atoms with Crippen LogP contribution in [0.1, 0.15) is 23.1 Å². The van der Waals surface area contributed by atoms with Gasteiger partial charge >= 0.3 is 0 Å². The van der Waals surface area contributed by atoms with E-state index in [9.17, 15) is 4.79 Å². The third kappa shape index (κ3) is 3.80. The average molecular weight is 318 g/mol. The van der Waals surface area contributed by atoms with Gasteiger partial charge in [-0.3, -0.25) is 9.48 Å². The number of rotatable bonds is 6. The fourth-order valence-corrected chi connectivity index (χ4v) is 2.59. The highest BCUT2D eigenvalue weighted by Crippen LogP contribution is 2.25. The first-order valence-corrected chi connectivity index (χ1v) is 7.74. The van der Waals surface area contributed by atoms with Gasteiger partial charge in [0.25, 0.3) is 0 Å². The minimum Gasteiger partial charge on any atom is -0.468 e. The lowest BCUT2D eigenvalue weighted by Gasteiger charge is -2.22. The molecule has 0 saturated heterocycles. The maximum atomic E-state index is 11.8. The number of ether oxygens (including phenoxy) is 1. The van der Waals surface area contributed by atoms with Crippen molar-refractivity contribution in [2.45, 2.75) is 25.6 Å². The van der Waals surface area contributed by atoms with Crippen molar-refractivity contribution < 1.29 is 13.9 Å². The summed E-state index contributed by atoms with van der Waals surface area (Å²) in [7, 11) is 3.49. The zero-order chi connectivity index (χ0) is 16.2. The Morgan fingerprint density at radius 3 is 3.13 bits per heavy atom. The second kappa shape index (κ2) is 6.97. The monoisotopic (exact) mass is 318 g/mol. The molecule has 1 atom stereocenters. The first-order valence-electron chi connectivity index (χ1n) is 7.74. The molecule has 7 heteroatoms. The largest absolute Gasteiger partial charge is 0.468 e. The molecule has 3 rings (SSSR count). The van der Waals surface area contributed by atoms with Gasteiger partial charge in [0.1, 0.15) is 18.4 Å². The van der Waals surface area contributed by atoms with Crippen LogP contribution in [0.15, 0.2) is 29.0 Å². The second-order valence-electron chi connectivity index (χ2n) is 5.85. The lowest BCUT2D eigenvalue weighted by Crippen LogP contribution is -2.28. The fourth-order valence-electron chi connectivity index (χ4n) is 2.59. The van der Waals surface area contributed by atoms with E-state index in [1.54, 1.807) is 29.9 Å². The summed E-state index contributed by atoms with van der Waals surface area (Å²) in [5, 5.41) is 7.87. The van der Waals surface area contributed by atoms with E-state index >= 15 is 0 Å². The van der Waals surface area contributed by atoms with Crippen molar-refractivity contribution in [2.24, 2.45) is 0 Å². The minimum absolute atomic E-state index is 0.0262. The molecule has 1 aliphatic heterocycles. The van der Waals surface area contributed by atoms with Gasteiger partial charge in [-0.15, -0.1) is 0 Å². The molecule has 1 unspecified atom stereocenters. The molecular formula is C16H22N4O3. The number of hydrogen-bond acceptors (Lipinski definition) is 5. The number of amides is 1. The minimum atomic E-state index is -0.0931. The smallest absolute Gasteiger partial charge is 0.243 e. The SMILES string of the molecule is CN(C)C(=O)Cn1cc2c(n1)C(CNCc1ccco1)OCC2. The van der Waals surface area contributed by atoms with Gasteiger partial charge in [-0.25, -0.2) is 0 Å². The van der Waals surface area contributed by atoms with Crippen LogP contribution in [0.4, 0.5) is 0 Å². The lowest BCUT2D eigenvalue weighted by atomic mass is 10.1. The third-order valence-electron chi connectivity index (χ3n) is 3.87. The number of likely N-dealkylation sites (N-methyl/N-ethyl adjacent to an activating group) is 1. The predicted octanol–water partition coefficient (Wildman–Crippen LogP) is 0.968. The van der Waals surface area contributed by atoms with Gasteiger partial charge in [0.05, 0.1) is 25.1 Å². The van der Waals surface area contributed by atoms with Gasteiger partial charge in [-0.1, -0.05) is 0 Å². The molecular weight excluding hydrogens is 296 g/mol. The number of carbonyl (C=O) groups excluding carboxylic acids is 1. The molecule has 2 aromatic rings. The summed E-state index contributed by atoms with van der Waals surface area (Å²) in [6.45, 7) is 2.24. The maximum absolute atomic E-state index is 11.8. The average Bonchev–Trinajstić information content (AvgIpc) is 3.16. The maximum Gasteiger partial charge on any atom is 0.243 e. The van der Waals surface area contributed by atoms with Crippen molar-refractivity contribution in [2.75, 3.05) is 27.2 Å². The molecule has 1 aliphatic rings. The fraction of sp³-hybridized carbons (Fsp3) is 0.500. The molecule has 0 bridgehead atoms. The second-order valence-corrected chi connectivity index (χ2v) is 5.85. The summed E-state index contributed by atoms with van der Waals surface area (Å²) in [4.78, 5) is 13.4. The number of hydrogen-bond donors (Lipinski definition) is 1. The summed E-state index contributed by atoms with van der Waals surface area (Å²) >= 11 is 0. The van der Waals surface area contributed by atoms with Crippen LogP contribution in [-0.2, 0) is 29.0 Å². The van der Waals surface area contributed by atoms with Crippen LogP contribution in [0.25, 0.3) is 0 Å². The van der Waals surface area contributed by atoms with Gasteiger partial charge in [-0.2, -0.15) is 5.10 Å². The summed E-state index contributed by atoms with van der Waals surface area (Å²) in [6, 6.07) is 3.80. The first-order chi connectivity index (χ1) is 11.1. The molecule has 1 amide bonds. The standard InChI is InChI=1S/C16H22N4O3/c1-19(2)15(21)11-20-10-12-5-7-23-14(16(12)18-20)9-17-8-13-4-3-6-22-13/h3-4,6,10,14,17H,5,7-9,11H2,1-2H3. The first kappa shape index (κ1) is 15.8. The summed E-state index contributed by atoms with van der Waals surface area (Å²) < 4.78 is 12.8. The van der Waals surface area contributed by atoms with Crippen molar-refractivity contribution >= 4 is 5.91 Å². The van der Waals surface area contributed by atoms with Gasteiger partial charge in [0.2, 0.25) is 5.91 Å². The molecule has 0 radical (unpaired) electrons. The van der Waals surface area contributed by atoms with Crippen LogP contribution in [0.2, 0.25) is 0 Å². The van der Waals surface area contributed by atoms with E-state index in [-0.39, 0.29) is 18.6 Å². The molecule has 0 aliphatic carbocycles. The van der Waals surface area contributed by atoms with Crippen molar-refractivity contribution in [3.05, 3.63) is 41.6 Å². The van der Waals surface area contributed by atoms with Crippen LogP contribution in [-0.4, -0.2) is 47.8 Å². The normalized spacial score (nSPS) is 17.0. The predicted molar refractivity (Wildman–Crippen MR) is 83.7 cm³/mol. The van der Waals surface area contributed by atoms with E-state index in [1.807, 2.05) is 18.3 Å². The van der Waals surface area contributed by atoms with Crippen LogP contribution in [0.3, 0.4) is 0 Å². The summed E-state index contributed by atoms with van der Waals surface area (Å²) in [6.07, 6.45) is 4.36. The highest BCUT2D eigenvalue weighted by molar-refractivity contribution is 5.75. The Morgan fingerprint density at radius 1 is 1.52 bits per heavy atom. The van der Waals surface area contributed by atoms with Crippen LogP contribution >= 0.6 is 0 Å². The topological polar surface area (TPSA) is 72.5 Å². The van der Waals surface area contributed by atoms with Crippen molar-refractivity contribution in [1.82, 2.24) is 20.0 Å². The number of fused-ring (bicyclic) bond motifs is 1. The molecule has 2 aromatic heterocycles. The highest BCUT2D eigenvalue weighted by atomic mass is 16.5. The van der Waals surface area contributed by atoms with E-state index in [0.29, 0.717) is 19.7 Å². The van der Waals surface area contributed by atoms with E-state index < -0.39 is 0 Å². The van der Waals surface area contributed by atoms with E-state index in [2.05, 4.69) is 10.4 Å². The lowest BCUT2D eigenvalue weighted by molar-refractivity contribution is -0.129. The van der Waals surface area contributed by atoms with Crippen LogP contribution < -0.4 is 5.32 Å². The molecule has 0 fully saturated rings. The van der Waals surface area contributed by atoms with Gasteiger partial charge in [0.15, 0.2) is 0 Å².